The van der Waals surface area contributed by atoms with Crippen LogP contribution in [0.5, 0.6) is 5.75 Å². The molecule has 0 unspecified atom stereocenters. The summed E-state index contributed by atoms with van der Waals surface area (Å²) in [6, 6.07) is 18.7. The molecule has 0 atom stereocenters. The van der Waals surface area contributed by atoms with E-state index in [9.17, 15) is 0 Å². The van der Waals surface area contributed by atoms with Crippen LogP contribution in [0.2, 0.25) is 0 Å². The van der Waals surface area contributed by atoms with Gasteiger partial charge in [-0.2, -0.15) is 0 Å². The Kier molecular flexibility index (Phi) is 4.56. The Balaban J connectivity index is 2.76. The fourth-order valence-corrected chi connectivity index (χ4v) is 1.75. The molecule has 0 aliphatic rings. The molecule has 2 nitrogen and oxygen atoms in total. The summed E-state index contributed by atoms with van der Waals surface area (Å²) < 4.78 is 4.89. The van der Waals surface area contributed by atoms with Gasteiger partial charge in [0.25, 0.3) is 0 Å². The van der Waals surface area contributed by atoms with E-state index < -0.39 is 0 Å². The third-order valence-electron chi connectivity index (χ3n) is 2.72. The summed E-state index contributed by atoms with van der Waals surface area (Å²) in [4.78, 5) is 4.49. The standard InChI is InChI=1S/C17H14BNO/c1-13-7-3-4-8-14(2)19-16(12-11-13)15-9-5-6-10-17(15)20-18/h3-12H,1-2H2. The van der Waals surface area contributed by atoms with Crippen molar-refractivity contribution in [1.29, 1.82) is 0 Å². The smallest absolute Gasteiger partial charge is 0.374 e. The van der Waals surface area contributed by atoms with E-state index in [4.69, 9.17) is 12.7 Å². The summed E-state index contributed by atoms with van der Waals surface area (Å²) in [5.41, 5.74) is 1.52. The highest BCUT2D eigenvalue weighted by atomic mass is 16.4. The molecular formula is C17H14BNO. The van der Waals surface area contributed by atoms with Crippen LogP contribution in [0.4, 0.5) is 0 Å². The molecule has 2 radical (unpaired) electrons. The van der Waals surface area contributed by atoms with Gasteiger partial charge in [-0.25, -0.2) is 4.98 Å². The first-order chi connectivity index (χ1) is 9.70. The highest BCUT2D eigenvalue weighted by Crippen LogP contribution is 2.26. The van der Waals surface area contributed by atoms with Gasteiger partial charge in [0, 0.05) is 5.56 Å². The number of hydrogen-bond donors (Lipinski definition) is 0. The van der Waals surface area contributed by atoms with E-state index in [0.717, 1.165) is 16.5 Å². The van der Waals surface area contributed by atoms with E-state index in [2.05, 4.69) is 18.1 Å². The first-order valence-corrected chi connectivity index (χ1v) is 6.16. The molecule has 0 saturated heterocycles. The van der Waals surface area contributed by atoms with Gasteiger partial charge in [0.1, 0.15) is 5.75 Å². The molecule has 0 aliphatic carbocycles. The van der Waals surface area contributed by atoms with Crippen LogP contribution in [0, 0.1) is 0 Å². The average Bonchev–Trinajstić information content (AvgIpc) is 2.47. The SMILES string of the molecule is [B]Oc1ccccc1-c1ccc(=C)ccccc(=C)n1. The predicted octanol–water partition coefficient (Wildman–Crippen LogP) is 2.16. The van der Waals surface area contributed by atoms with Crippen LogP contribution in [0.3, 0.4) is 0 Å². The molecule has 0 aliphatic heterocycles. The Morgan fingerprint density at radius 1 is 0.850 bits per heavy atom. The molecule has 0 bridgehead atoms. The first kappa shape index (κ1) is 13.9. The van der Waals surface area contributed by atoms with Gasteiger partial charge >= 0.3 is 8.05 Å². The summed E-state index contributed by atoms with van der Waals surface area (Å²) in [7, 11) is 5.30. The van der Waals surface area contributed by atoms with E-state index in [1.165, 1.54) is 0 Å². The van der Waals surface area contributed by atoms with Crippen LogP contribution in [0.15, 0.2) is 60.7 Å². The van der Waals surface area contributed by atoms with Crippen molar-refractivity contribution in [3.63, 3.8) is 0 Å². The molecule has 0 amide bonds. The van der Waals surface area contributed by atoms with Crippen molar-refractivity contribution in [3.05, 3.63) is 71.2 Å². The van der Waals surface area contributed by atoms with Gasteiger partial charge in [-0.15, -0.1) is 0 Å². The maximum absolute atomic E-state index is 5.30. The molecule has 2 aromatic rings. The van der Waals surface area contributed by atoms with Gasteiger partial charge in [-0.05, 0) is 29.5 Å². The lowest BCUT2D eigenvalue weighted by atomic mass is 10.1. The van der Waals surface area contributed by atoms with Gasteiger partial charge in [-0.3, -0.25) is 0 Å². The minimum Gasteiger partial charge on any atom is -0.567 e. The van der Waals surface area contributed by atoms with Crippen LogP contribution in [-0.2, 0) is 0 Å². The lowest BCUT2D eigenvalue weighted by Crippen LogP contribution is -2.02. The molecule has 1 heterocycles. The normalized spacial score (nSPS) is 9.60. The zero-order valence-corrected chi connectivity index (χ0v) is 11.1. The van der Waals surface area contributed by atoms with E-state index in [0.29, 0.717) is 11.1 Å². The number of hydrogen-bond acceptors (Lipinski definition) is 2. The van der Waals surface area contributed by atoms with Crippen molar-refractivity contribution in [3.8, 4) is 17.0 Å². The van der Waals surface area contributed by atoms with Crippen LogP contribution in [0.25, 0.3) is 24.4 Å². The second-order valence-electron chi connectivity index (χ2n) is 4.23. The Bertz CT molecular complexity index is 757. The summed E-state index contributed by atoms with van der Waals surface area (Å²) in [5.74, 6) is 0.561. The fourth-order valence-electron chi connectivity index (χ4n) is 1.75. The zero-order chi connectivity index (χ0) is 14.4. The Morgan fingerprint density at radius 3 is 2.35 bits per heavy atom. The van der Waals surface area contributed by atoms with Crippen molar-refractivity contribution >= 4 is 21.2 Å². The molecule has 0 N–H and O–H groups in total. The van der Waals surface area contributed by atoms with E-state index >= 15 is 0 Å². The second-order valence-corrected chi connectivity index (χ2v) is 4.23. The van der Waals surface area contributed by atoms with Crippen molar-refractivity contribution in [2.45, 2.75) is 0 Å². The minimum atomic E-state index is 0.561. The minimum absolute atomic E-state index is 0.561. The molecule has 20 heavy (non-hydrogen) atoms. The van der Waals surface area contributed by atoms with E-state index in [1.54, 1.807) is 6.07 Å². The summed E-state index contributed by atoms with van der Waals surface area (Å²) in [6.45, 7) is 7.84. The average molecular weight is 259 g/mol. The van der Waals surface area contributed by atoms with Crippen molar-refractivity contribution in [1.82, 2.24) is 4.98 Å². The summed E-state index contributed by atoms with van der Waals surface area (Å²) in [6.07, 6.45) is 0. The summed E-state index contributed by atoms with van der Waals surface area (Å²) in [5, 5.41) is 1.52. The fraction of sp³-hybridized carbons (Fsp3) is 0. The highest BCUT2D eigenvalue weighted by Gasteiger charge is 2.03. The molecule has 1 aromatic carbocycles. The molecule has 96 valence electrons. The van der Waals surface area contributed by atoms with Crippen molar-refractivity contribution in [2.75, 3.05) is 0 Å². The molecule has 0 saturated carbocycles. The highest BCUT2D eigenvalue weighted by molar-refractivity contribution is 6.00. The Hall–Kier alpha value is -2.55. The lowest BCUT2D eigenvalue weighted by molar-refractivity contribution is 0.618. The lowest BCUT2D eigenvalue weighted by Gasteiger charge is -2.06. The first-order valence-electron chi connectivity index (χ1n) is 6.16. The van der Waals surface area contributed by atoms with Gasteiger partial charge in [-0.1, -0.05) is 49.6 Å². The molecule has 0 fully saturated rings. The largest absolute Gasteiger partial charge is 0.567 e. The van der Waals surface area contributed by atoms with Crippen LogP contribution >= 0.6 is 0 Å². The van der Waals surface area contributed by atoms with E-state index in [1.807, 2.05) is 54.6 Å². The van der Waals surface area contributed by atoms with Gasteiger partial charge in [0.2, 0.25) is 0 Å². The molecule has 1 aromatic heterocycles. The zero-order valence-electron chi connectivity index (χ0n) is 11.1. The monoisotopic (exact) mass is 259 g/mol. The molecular weight excluding hydrogens is 245 g/mol. The third kappa shape index (κ3) is 3.48. The van der Waals surface area contributed by atoms with Crippen molar-refractivity contribution < 1.29 is 4.65 Å². The van der Waals surface area contributed by atoms with Crippen LogP contribution in [-0.4, -0.2) is 13.0 Å². The predicted molar refractivity (Wildman–Crippen MR) is 84.0 cm³/mol. The molecule has 3 heteroatoms. The number of nitrogens with zero attached hydrogens (tertiary/aromatic N) is 1. The van der Waals surface area contributed by atoms with Crippen LogP contribution < -0.4 is 15.2 Å². The maximum atomic E-state index is 5.30. The van der Waals surface area contributed by atoms with E-state index in [-0.39, 0.29) is 0 Å². The molecule has 0 spiro atoms. The Labute approximate surface area is 119 Å². The second kappa shape index (κ2) is 6.57. The van der Waals surface area contributed by atoms with Crippen LogP contribution in [0.1, 0.15) is 0 Å². The number of para-hydroxylation sites is 1. The van der Waals surface area contributed by atoms with Gasteiger partial charge < -0.3 is 4.65 Å². The number of benzene rings is 1. The maximum Gasteiger partial charge on any atom is 0.374 e. The third-order valence-corrected chi connectivity index (χ3v) is 2.72. The summed E-state index contributed by atoms with van der Waals surface area (Å²) >= 11 is 0. The Morgan fingerprint density at radius 2 is 1.55 bits per heavy atom. The van der Waals surface area contributed by atoms with Gasteiger partial charge in [0.05, 0.1) is 11.0 Å². The molecule has 2 rings (SSSR count). The van der Waals surface area contributed by atoms with Crippen molar-refractivity contribution in [2.24, 2.45) is 0 Å². The quantitative estimate of drug-likeness (QED) is 0.771. The number of aromatic nitrogens is 1. The topological polar surface area (TPSA) is 22.1 Å². The van der Waals surface area contributed by atoms with Gasteiger partial charge in [0.15, 0.2) is 0 Å². The number of rotatable bonds is 2.